The molecule has 0 bridgehead atoms. The van der Waals surface area contributed by atoms with Crippen molar-refractivity contribution >= 4 is 11.9 Å². The average molecular weight is 286 g/mol. The van der Waals surface area contributed by atoms with Crippen molar-refractivity contribution in [2.24, 2.45) is 4.99 Å². The molecule has 1 spiro atoms. The van der Waals surface area contributed by atoms with E-state index in [1.54, 1.807) is 0 Å². The number of cyclic esters (lactones) is 1. The minimum absolute atomic E-state index is 0.158. The lowest BCUT2D eigenvalue weighted by molar-refractivity contribution is -0.140. The number of hydrogen-bond donors (Lipinski definition) is 0. The predicted molar refractivity (Wildman–Crippen MR) is 82.3 cm³/mol. The molecule has 1 aliphatic carbocycles. The second-order valence-corrected chi connectivity index (χ2v) is 6.33. The molecule has 1 saturated carbocycles. The topological polar surface area (TPSA) is 41.9 Å². The smallest absolute Gasteiger partial charge is 0.340 e. The predicted octanol–water partition coefficient (Wildman–Crippen LogP) is 2.75. The van der Waals surface area contributed by atoms with E-state index in [4.69, 9.17) is 4.74 Å². The number of nitrogens with zero attached hydrogens (tertiary/aromatic N) is 2. The molecule has 1 fully saturated rings. The summed E-state index contributed by atoms with van der Waals surface area (Å²) in [5, 5.41) is 0. The van der Waals surface area contributed by atoms with Crippen LogP contribution in [0.5, 0.6) is 0 Å². The van der Waals surface area contributed by atoms with E-state index < -0.39 is 5.54 Å². The molecule has 0 unspecified atom stereocenters. The molecule has 4 heteroatoms. The summed E-state index contributed by atoms with van der Waals surface area (Å²) in [5.41, 5.74) is 1.55. The molecule has 2 aliphatic rings. The van der Waals surface area contributed by atoms with Gasteiger partial charge in [-0.2, -0.15) is 0 Å². The van der Waals surface area contributed by atoms with Crippen LogP contribution in [0, 0.1) is 0 Å². The van der Waals surface area contributed by atoms with Crippen LogP contribution >= 0.6 is 0 Å². The van der Waals surface area contributed by atoms with Crippen molar-refractivity contribution in [3.05, 3.63) is 35.4 Å². The standard InChI is InChI=1S/C17H22N2O2/c1-19(2)12-13-6-8-14(9-7-13)15-18-17(16(20)21-15)10-4-3-5-11-17/h6-9H,3-5,10-12H2,1-2H3. The number of carbonyl (C=O) groups excluding carboxylic acids is 1. The summed E-state index contributed by atoms with van der Waals surface area (Å²) in [5.74, 6) is 0.341. The van der Waals surface area contributed by atoms with Gasteiger partial charge in [0.05, 0.1) is 0 Å². The molecule has 0 atom stereocenters. The van der Waals surface area contributed by atoms with E-state index in [-0.39, 0.29) is 5.97 Å². The number of esters is 1. The molecule has 0 saturated heterocycles. The average Bonchev–Trinajstić information content (AvgIpc) is 2.77. The molecule has 3 rings (SSSR count). The highest BCUT2D eigenvalue weighted by atomic mass is 16.6. The molecule has 0 radical (unpaired) electrons. The molecular formula is C17H22N2O2. The van der Waals surface area contributed by atoms with Crippen LogP contribution in [-0.2, 0) is 16.1 Å². The van der Waals surface area contributed by atoms with Crippen molar-refractivity contribution in [1.82, 2.24) is 4.90 Å². The zero-order valence-electron chi connectivity index (χ0n) is 12.8. The summed E-state index contributed by atoms with van der Waals surface area (Å²) in [7, 11) is 4.09. The number of benzene rings is 1. The molecule has 0 amide bonds. The van der Waals surface area contributed by atoms with Gasteiger partial charge >= 0.3 is 5.97 Å². The van der Waals surface area contributed by atoms with Gasteiger partial charge in [-0.05, 0) is 44.6 Å². The quantitative estimate of drug-likeness (QED) is 0.802. The second-order valence-electron chi connectivity index (χ2n) is 6.33. The third-order valence-electron chi connectivity index (χ3n) is 4.27. The van der Waals surface area contributed by atoms with Crippen molar-refractivity contribution in [2.75, 3.05) is 14.1 Å². The monoisotopic (exact) mass is 286 g/mol. The first-order chi connectivity index (χ1) is 10.1. The number of carbonyl (C=O) groups is 1. The molecule has 1 aromatic rings. The van der Waals surface area contributed by atoms with Crippen LogP contribution in [0.2, 0.25) is 0 Å². The molecule has 0 aromatic heterocycles. The van der Waals surface area contributed by atoms with E-state index >= 15 is 0 Å². The molecular weight excluding hydrogens is 264 g/mol. The molecule has 0 N–H and O–H groups in total. The van der Waals surface area contributed by atoms with Gasteiger partial charge in [-0.1, -0.05) is 31.4 Å². The van der Waals surface area contributed by atoms with Crippen LogP contribution in [0.3, 0.4) is 0 Å². The number of hydrogen-bond acceptors (Lipinski definition) is 4. The van der Waals surface area contributed by atoms with Crippen LogP contribution < -0.4 is 0 Å². The van der Waals surface area contributed by atoms with Crippen LogP contribution in [0.1, 0.15) is 43.2 Å². The Hall–Kier alpha value is -1.68. The van der Waals surface area contributed by atoms with Gasteiger partial charge in [-0.25, -0.2) is 9.79 Å². The van der Waals surface area contributed by atoms with Crippen LogP contribution in [-0.4, -0.2) is 36.4 Å². The zero-order valence-corrected chi connectivity index (χ0v) is 12.8. The maximum atomic E-state index is 12.2. The summed E-state index contributed by atoms with van der Waals surface area (Å²) in [4.78, 5) is 19.0. The highest BCUT2D eigenvalue weighted by Crippen LogP contribution is 2.37. The van der Waals surface area contributed by atoms with Gasteiger partial charge in [0.1, 0.15) is 0 Å². The molecule has 4 nitrogen and oxygen atoms in total. The highest BCUT2D eigenvalue weighted by molar-refractivity contribution is 6.07. The molecule has 1 aliphatic heterocycles. The normalized spacial score (nSPS) is 20.7. The van der Waals surface area contributed by atoms with Crippen molar-refractivity contribution < 1.29 is 9.53 Å². The summed E-state index contributed by atoms with van der Waals surface area (Å²) >= 11 is 0. The number of aliphatic imine (C=N–C) groups is 1. The van der Waals surface area contributed by atoms with Gasteiger partial charge in [-0.15, -0.1) is 0 Å². The van der Waals surface area contributed by atoms with E-state index in [2.05, 4.69) is 22.0 Å². The fourth-order valence-electron chi connectivity index (χ4n) is 3.14. The maximum absolute atomic E-state index is 12.2. The van der Waals surface area contributed by atoms with E-state index in [9.17, 15) is 4.79 Å². The summed E-state index contributed by atoms with van der Waals surface area (Å²) in [6, 6.07) is 8.12. The van der Waals surface area contributed by atoms with Crippen molar-refractivity contribution in [2.45, 2.75) is 44.2 Å². The van der Waals surface area contributed by atoms with E-state index in [1.807, 2.05) is 26.2 Å². The maximum Gasteiger partial charge on any atom is 0.340 e. The van der Waals surface area contributed by atoms with E-state index in [0.29, 0.717) is 5.90 Å². The minimum atomic E-state index is -0.587. The SMILES string of the molecule is CN(C)Cc1ccc(C2=NC3(CCCCC3)C(=O)O2)cc1. The Balaban J connectivity index is 1.80. The Morgan fingerprint density at radius 1 is 1.14 bits per heavy atom. The lowest BCUT2D eigenvalue weighted by Gasteiger charge is -2.25. The largest absolute Gasteiger partial charge is 0.405 e. The van der Waals surface area contributed by atoms with Gasteiger partial charge < -0.3 is 9.64 Å². The van der Waals surface area contributed by atoms with Crippen molar-refractivity contribution in [3.8, 4) is 0 Å². The molecule has 112 valence electrons. The fourth-order valence-corrected chi connectivity index (χ4v) is 3.14. The summed E-state index contributed by atoms with van der Waals surface area (Å²) in [6.07, 6.45) is 4.97. The third-order valence-corrected chi connectivity index (χ3v) is 4.27. The lowest BCUT2D eigenvalue weighted by Crippen LogP contribution is -2.35. The van der Waals surface area contributed by atoms with Crippen molar-refractivity contribution in [3.63, 3.8) is 0 Å². The first-order valence-corrected chi connectivity index (χ1v) is 7.65. The second kappa shape index (κ2) is 5.60. The Labute approximate surface area is 125 Å². The van der Waals surface area contributed by atoms with Gasteiger partial charge in [0.15, 0.2) is 5.54 Å². The highest BCUT2D eigenvalue weighted by Gasteiger charge is 2.46. The third kappa shape index (κ3) is 2.86. The van der Waals surface area contributed by atoms with Crippen LogP contribution in [0.25, 0.3) is 0 Å². The van der Waals surface area contributed by atoms with E-state index in [1.165, 1.54) is 12.0 Å². The van der Waals surface area contributed by atoms with Gasteiger partial charge in [0.2, 0.25) is 5.90 Å². The van der Waals surface area contributed by atoms with E-state index in [0.717, 1.165) is 37.8 Å². The Bertz CT molecular complexity index is 555. The first kappa shape index (κ1) is 14.3. The van der Waals surface area contributed by atoms with Gasteiger partial charge in [-0.3, -0.25) is 0 Å². The fraction of sp³-hybridized carbons (Fsp3) is 0.529. The minimum Gasteiger partial charge on any atom is -0.405 e. The first-order valence-electron chi connectivity index (χ1n) is 7.65. The molecule has 1 heterocycles. The number of rotatable bonds is 3. The summed E-state index contributed by atoms with van der Waals surface area (Å²) in [6.45, 7) is 0.899. The molecule has 1 aromatic carbocycles. The Morgan fingerprint density at radius 2 is 1.81 bits per heavy atom. The Morgan fingerprint density at radius 3 is 2.43 bits per heavy atom. The Kier molecular flexibility index (Phi) is 3.81. The summed E-state index contributed by atoms with van der Waals surface area (Å²) < 4.78 is 5.46. The molecule has 21 heavy (non-hydrogen) atoms. The van der Waals surface area contributed by atoms with Crippen molar-refractivity contribution in [1.29, 1.82) is 0 Å². The van der Waals surface area contributed by atoms with Gasteiger partial charge in [0.25, 0.3) is 0 Å². The van der Waals surface area contributed by atoms with Crippen LogP contribution in [0.15, 0.2) is 29.3 Å². The number of ether oxygens (including phenoxy) is 1. The van der Waals surface area contributed by atoms with Gasteiger partial charge in [0, 0.05) is 12.1 Å². The zero-order chi connectivity index (χ0) is 14.9. The van der Waals surface area contributed by atoms with Crippen LogP contribution in [0.4, 0.5) is 0 Å². The lowest BCUT2D eigenvalue weighted by atomic mass is 9.83.